The summed E-state index contributed by atoms with van der Waals surface area (Å²) >= 11 is 0. The smallest absolute Gasteiger partial charge is 0.212 e. The van der Waals surface area contributed by atoms with E-state index in [-0.39, 0.29) is 28.5 Å². The summed E-state index contributed by atoms with van der Waals surface area (Å²) in [4.78, 5) is 30.8. The summed E-state index contributed by atoms with van der Waals surface area (Å²) in [6, 6.07) is 24.8. The molecule has 0 aliphatic carbocycles. The average Bonchev–Trinajstić information content (AvgIpc) is 2.74. The first kappa shape index (κ1) is 16.7. The van der Waals surface area contributed by atoms with E-state index in [0.717, 1.165) is 0 Å². The second-order valence-electron chi connectivity index (χ2n) is 6.16. The van der Waals surface area contributed by atoms with Crippen LogP contribution >= 0.6 is 0 Å². The lowest BCUT2D eigenvalue weighted by Gasteiger charge is -2.13. The largest absolute Gasteiger partial charge is 0.398 e. The Morgan fingerprint density at radius 3 is 1.81 bits per heavy atom. The molecule has 0 spiro atoms. The van der Waals surface area contributed by atoms with Gasteiger partial charge in [0.05, 0.1) is 16.8 Å². The van der Waals surface area contributed by atoms with E-state index in [2.05, 4.69) is 4.98 Å². The van der Waals surface area contributed by atoms with Crippen LogP contribution in [-0.2, 0) is 0 Å². The monoisotopic (exact) mass is 352 g/mol. The van der Waals surface area contributed by atoms with E-state index in [1.807, 2.05) is 24.3 Å². The van der Waals surface area contributed by atoms with Crippen LogP contribution in [0.2, 0.25) is 0 Å². The Morgan fingerprint density at radius 1 is 0.667 bits per heavy atom. The van der Waals surface area contributed by atoms with Crippen LogP contribution in [0, 0.1) is 0 Å². The number of pyridine rings is 1. The standard InChI is InChI=1S/C23H16N2O2/c24-20-17-13-7-8-14-18(17)25-21(23(27)16-11-5-2-6-12-16)19(20)22(26)15-9-3-1-4-10-15/h1-14H,(H2,24,25). The highest BCUT2D eigenvalue weighted by Crippen LogP contribution is 2.29. The van der Waals surface area contributed by atoms with E-state index in [0.29, 0.717) is 22.0 Å². The lowest BCUT2D eigenvalue weighted by molar-refractivity contribution is 0.100. The molecule has 0 saturated carbocycles. The maximum absolute atomic E-state index is 13.2. The summed E-state index contributed by atoms with van der Waals surface area (Å²) in [5, 5.41) is 0.654. The number of carbonyl (C=O) groups is 2. The number of nitrogen functional groups attached to an aromatic ring is 1. The van der Waals surface area contributed by atoms with Crippen molar-refractivity contribution in [1.29, 1.82) is 0 Å². The van der Waals surface area contributed by atoms with Gasteiger partial charge in [-0.05, 0) is 6.07 Å². The van der Waals surface area contributed by atoms with Crippen molar-refractivity contribution in [2.75, 3.05) is 5.73 Å². The van der Waals surface area contributed by atoms with E-state index < -0.39 is 0 Å². The second kappa shape index (κ2) is 6.84. The van der Waals surface area contributed by atoms with Crippen LogP contribution in [0.5, 0.6) is 0 Å². The number of rotatable bonds is 4. The van der Waals surface area contributed by atoms with Crippen molar-refractivity contribution in [3.8, 4) is 0 Å². The van der Waals surface area contributed by atoms with Gasteiger partial charge < -0.3 is 5.73 Å². The number of para-hydroxylation sites is 1. The van der Waals surface area contributed by atoms with Crippen molar-refractivity contribution in [3.05, 3.63) is 107 Å². The number of nitrogens with two attached hydrogens (primary N) is 1. The maximum Gasteiger partial charge on any atom is 0.212 e. The SMILES string of the molecule is Nc1c(C(=O)c2ccccc2)c(C(=O)c2ccccc2)nc2ccccc12. The fourth-order valence-corrected chi connectivity index (χ4v) is 3.09. The fourth-order valence-electron chi connectivity index (χ4n) is 3.09. The van der Waals surface area contributed by atoms with Gasteiger partial charge in [0.2, 0.25) is 5.78 Å². The van der Waals surface area contributed by atoms with Crippen LogP contribution in [0.15, 0.2) is 84.9 Å². The van der Waals surface area contributed by atoms with Crippen molar-refractivity contribution in [3.63, 3.8) is 0 Å². The number of anilines is 1. The summed E-state index contributed by atoms with van der Waals surface area (Å²) in [5.74, 6) is -0.641. The van der Waals surface area contributed by atoms with E-state index in [1.54, 1.807) is 60.7 Å². The molecular weight excluding hydrogens is 336 g/mol. The minimum Gasteiger partial charge on any atom is -0.398 e. The third kappa shape index (κ3) is 2.98. The number of aromatic nitrogens is 1. The first-order chi connectivity index (χ1) is 13.2. The first-order valence-electron chi connectivity index (χ1n) is 8.54. The van der Waals surface area contributed by atoms with Gasteiger partial charge in [0.15, 0.2) is 5.78 Å². The normalized spacial score (nSPS) is 10.7. The first-order valence-corrected chi connectivity index (χ1v) is 8.54. The molecule has 4 nitrogen and oxygen atoms in total. The molecule has 1 heterocycles. The molecule has 0 radical (unpaired) electrons. The van der Waals surface area contributed by atoms with Gasteiger partial charge in [-0.1, -0.05) is 78.9 Å². The Kier molecular flexibility index (Phi) is 4.22. The molecule has 27 heavy (non-hydrogen) atoms. The predicted octanol–water partition coefficient (Wildman–Crippen LogP) is 4.28. The van der Waals surface area contributed by atoms with Gasteiger partial charge in [-0.15, -0.1) is 0 Å². The molecule has 0 saturated heterocycles. The molecule has 4 rings (SSSR count). The van der Waals surface area contributed by atoms with Gasteiger partial charge in [-0.3, -0.25) is 9.59 Å². The molecule has 130 valence electrons. The Hall–Kier alpha value is -3.79. The van der Waals surface area contributed by atoms with E-state index >= 15 is 0 Å². The number of hydrogen-bond donors (Lipinski definition) is 1. The molecule has 1 aromatic heterocycles. The minimum atomic E-state index is -0.327. The molecule has 0 aliphatic heterocycles. The van der Waals surface area contributed by atoms with Gasteiger partial charge in [0, 0.05) is 16.5 Å². The second-order valence-corrected chi connectivity index (χ2v) is 6.16. The Labute approximate surface area is 156 Å². The maximum atomic E-state index is 13.2. The molecule has 2 N–H and O–H groups in total. The Morgan fingerprint density at radius 2 is 1.19 bits per heavy atom. The summed E-state index contributed by atoms with van der Waals surface area (Å²) in [6.45, 7) is 0. The lowest BCUT2D eigenvalue weighted by atomic mass is 9.94. The lowest BCUT2D eigenvalue weighted by Crippen LogP contribution is -2.16. The van der Waals surface area contributed by atoms with Gasteiger partial charge >= 0.3 is 0 Å². The third-order valence-electron chi connectivity index (χ3n) is 4.45. The van der Waals surface area contributed by atoms with Crippen molar-refractivity contribution in [2.45, 2.75) is 0 Å². The molecule has 4 heteroatoms. The number of benzene rings is 3. The highest BCUT2D eigenvalue weighted by atomic mass is 16.1. The summed E-state index contributed by atoms with van der Waals surface area (Å²) in [5.41, 5.74) is 8.36. The molecule has 0 bridgehead atoms. The highest BCUT2D eigenvalue weighted by molar-refractivity contribution is 6.23. The minimum absolute atomic E-state index is 0.0752. The van der Waals surface area contributed by atoms with Crippen molar-refractivity contribution < 1.29 is 9.59 Å². The molecule has 0 fully saturated rings. The number of nitrogens with zero attached hydrogens (tertiary/aromatic N) is 1. The molecule has 0 amide bonds. The Balaban J connectivity index is 1.99. The number of hydrogen-bond acceptors (Lipinski definition) is 4. The van der Waals surface area contributed by atoms with E-state index in [4.69, 9.17) is 5.73 Å². The van der Waals surface area contributed by atoms with Gasteiger partial charge in [-0.25, -0.2) is 4.98 Å². The Bertz CT molecular complexity index is 1150. The fraction of sp³-hybridized carbons (Fsp3) is 0. The number of ketones is 2. The molecule has 4 aromatic rings. The summed E-state index contributed by atoms with van der Waals surface area (Å²) in [7, 11) is 0. The quantitative estimate of drug-likeness (QED) is 0.556. The van der Waals surface area contributed by atoms with Crippen LogP contribution < -0.4 is 5.73 Å². The highest BCUT2D eigenvalue weighted by Gasteiger charge is 2.25. The topological polar surface area (TPSA) is 73.1 Å². The van der Waals surface area contributed by atoms with Crippen molar-refractivity contribution >= 4 is 28.2 Å². The average molecular weight is 352 g/mol. The van der Waals surface area contributed by atoms with Crippen molar-refractivity contribution in [1.82, 2.24) is 4.98 Å². The van der Waals surface area contributed by atoms with Crippen molar-refractivity contribution in [2.24, 2.45) is 0 Å². The number of fused-ring (bicyclic) bond motifs is 1. The zero-order valence-electron chi connectivity index (χ0n) is 14.4. The van der Waals surface area contributed by atoms with Crippen LogP contribution in [0.3, 0.4) is 0 Å². The molecule has 0 aliphatic rings. The van der Waals surface area contributed by atoms with Crippen LogP contribution in [0.25, 0.3) is 10.9 Å². The summed E-state index contributed by atoms with van der Waals surface area (Å²) in [6.07, 6.45) is 0. The summed E-state index contributed by atoms with van der Waals surface area (Å²) < 4.78 is 0. The molecule has 0 atom stereocenters. The van der Waals surface area contributed by atoms with Gasteiger partial charge in [0.1, 0.15) is 5.69 Å². The molecule has 3 aromatic carbocycles. The van der Waals surface area contributed by atoms with E-state index in [9.17, 15) is 9.59 Å². The van der Waals surface area contributed by atoms with Gasteiger partial charge in [0.25, 0.3) is 0 Å². The van der Waals surface area contributed by atoms with E-state index in [1.165, 1.54) is 0 Å². The third-order valence-corrected chi connectivity index (χ3v) is 4.45. The zero-order chi connectivity index (χ0) is 18.8. The van der Waals surface area contributed by atoms with Gasteiger partial charge in [-0.2, -0.15) is 0 Å². The number of carbonyl (C=O) groups excluding carboxylic acids is 2. The predicted molar refractivity (Wildman–Crippen MR) is 106 cm³/mol. The zero-order valence-corrected chi connectivity index (χ0v) is 14.4. The molecule has 0 unspecified atom stereocenters. The van der Waals surface area contributed by atoms with Crippen LogP contribution in [0.1, 0.15) is 32.0 Å². The molecular formula is C23H16N2O2. The van der Waals surface area contributed by atoms with Crippen LogP contribution in [-0.4, -0.2) is 16.6 Å². The van der Waals surface area contributed by atoms with Crippen LogP contribution in [0.4, 0.5) is 5.69 Å².